The Morgan fingerprint density at radius 1 is 1.53 bits per heavy atom. The van der Waals surface area contributed by atoms with Crippen molar-refractivity contribution in [3.05, 3.63) is 23.7 Å². The Kier molecular flexibility index (Phi) is 3.19. The summed E-state index contributed by atoms with van der Waals surface area (Å²) in [6.07, 6.45) is 0. The van der Waals surface area contributed by atoms with Crippen LogP contribution in [0.3, 0.4) is 0 Å². The van der Waals surface area contributed by atoms with Gasteiger partial charge in [-0.05, 0) is 32.9 Å². The summed E-state index contributed by atoms with van der Waals surface area (Å²) in [6, 6.07) is 3.74. The topological polar surface area (TPSA) is 59.5 Å². The molecule has 4 nitrogen and oxygen atoms in total. The lowest BCUT2D eigenvalue weighted by Gasteiger charge is -2.25. The number of aryl methyl sites for hydroxylation is 1. The Hall–Kier alpha value is -1.29. The number of furan rings is 1. The molecule has 0 spiro atoms. The van der Waals surface area contributed by atoms with Gasteiger partial charge in [0.05, 0.1) is 12.1 Å². The van der Waals surface area contributed by atoms with E-state index >= 15 is 0 Å². The molecule has 1 amide bonds. The second-order valence-corrected chi connectivity index (χ2v) is 4.40. The summed E-state index contributed by atoms with van der Waals surface area (Å²) in [4.78, 5) is 13.3. The number of carbonyl (C=O) groups excluding carboxylic acids is 1. The van der Waals surface area contributed by atoms with Crippen molar-refractivity contribution in [3.63, 3.8) is 0 Å². The molecule has 0 aliphatic carbocycles. The maximum absolute atomic E-state index is 11.7. The first-order chi connectivity index (χ1) is 6.80. The SMILES string of the molecule is Cc1ccc(CN(C)C(=O)C(C)(C)N)o1. The number of nitrogens with two attached hydrogens (primary N) is 1. The van der Waals surface area contributed by atoms with Crippen molar-refractivity contribution < 1.29 is 9.21 Å². The fourth-order valence-corrected chi connectivity index (χ4v) is 1.37. The fraction of sp³-hybridized carbons (Fsp3) is 0.545. The molecule has 4 heteroatoms. The summed E-state index contributed by atoms with van der Waals surface area (Å²) in [5, 5.41) is 0. The molecule has 1 rings (SSSR count). The van der Waals surface area contributed by atoms with Gasteiger partial charge < -0.3 is 15.1 Å². The lowest BCUT2D eigenvalue weighted by molar-refractivity contribution is -0.135. The molecule has 0 saturated carbocycles. The van der Waals surface area contributed by atoms with Crippen molar-refractivity contribution in [3.8, 4) is 0 Å². The van der Waals surface area contributed by atoms with Crippen LogP contribution in [0.4, 0.5) is 0 Å². The predicted octanol–water partition coefficient (Wildman–Crippen LogP) is 1.28. The number of hydrogen-bond donors (Lipinski definition) is 1. The van der Waals surface area contributed by atoms with Gasteiger partial charge in [0, 0.05) is 7.05 Å². The highest BCUT2D eigenvalue weighted by atomic mass is 16.3. The minimum absolute atomic E-state index is 0.100. The van der Waals surface area contributed by atoms with Crippen molar-refractivity contribution in [2.75, 3.05) is 7.05 Å². The van der Waals surface area contributed by atoms with E-state index in [0.29, 0.717) is 6.54 Å². The van der Waals surface area contributed by atoms with Gasteiger partial charge in [-0.25, -0.2) is 0 Å². The Labute approximate surface area is 90.0 Å². The Balaban J connectivity index is 2.64. The number of likely N-dealkylation sites (N-methyl/N-ethyl adjacent to an activating group) is 1. The van der Waals surface area contributed by atoms with Gasteiger partial charge in [0.15, 0.2) is 0 Å². The van der Waals surface area contributed by atoms with Crippen molar-refractivity contribution in [2.24, 2.45) is 5.73 Å². The van der Waals surface area contributed by atoms with Gasteiger partial charge in [-0.15, -0.1) is 0 Å². The van der Waals surface area contributed by atoms with Crippen LogP contribution in [0.5, 0.6) is 0 Å². The molecule has 0 saturated heterocycles. The molecule has 2 N–H and O–H groups in total. The van der Waals surface area contributed by atoms with E-state index < -0.39 is 5.54 Å². The monoisotopic (exact) mass is 210 g/mol. The predicted molar refractivity (Wildman–Crippen MR) is 58.2 cm³/mol. The second kappa shape index (κ2) is 4.06. The zero-order valence-corrected chi connectivity index (χ0v) is 9.70. The Morgan fingerprint density at radius 3 is 2.53 bits per heavy atom. The van der Waals surface area contributed by atoms with E-state index in [1.54, 1.807) is 25.8 Å². The van der Waals surface area contributed by atoms with Gasteiger partial charge in [-0.3, -0.25) is 4.79 Å². The number of hydrogen-bond acceptors (Lipinski definition) is 3. The summed E-state index contributed by atoms with van der Waals surface area (Å²) in [6.45, 7) is 5.71. The van der Waals surface area contributed by atoms with Crippen LogP contribution in [0.25, 0.3) is 0 Å². The summed E-state index contributed by atoms with van der Waals surface area (Å²) in [5.41, 5.74) is 4.88. The minimum Gasteiger partial charge on any atom is -0.464 e. The molecule has 1 aromatic rings. The first-order valence-corrected chi connectivity index (χ1v) is 4.90. The average molecular weight is 210 g/mol. The van der Waals surface area contributed by atoms with Crippen molar-refractivity contribution >= 4 is 5.91 Å². The molecule has 0 aromatic carbocycles. The van der Waals surface area contributed by atoms with Crippen molar-refractivity contribution in [1.29, 1.82) is 0 Å². The molecule has 0 aliphatic rings. The van der Waals surface area contributed by atoms with Crippen LogP contribution in [0.15, 0.2) is 16.5 Å². The van der Waals surface area contributed by atoms with E-state index in [2.05, 4.69) is 0 Å². The number of carbonyl (C=O) groups is 1. The smallest absolute Gasteiger partial charge is 0.242 e. The number of nitrogens with zero attached hydrogens (tertiary/aromatic N) is 1. The lowest BCUT2D eigenvalue weighted by atomic mass is 10.1. The molecular weight excluding hydrogens is 192 g/mol. The minimum atomic E-state index is -0.837. The number of rotatable bonds is 3. The van der Waals surface area contributed by atoms with Crippen LogP contribution in [-0.2, 0) is 11.3 Å². The third-order valence-electron chi connectivity index (χ3n) is 2.09. The molecule has 15 heavy (non-hydrogen) atoms. The quantitative estimate of drug-likeness (QED) is 0.817. The number of amides is 1. The van der Waals surface area contributed by atoms with E-state index in [4.69, 9.17) is 10.2 Å². The maximum atomic E-state index is 11.7. The van der Waals surface area contributed by atoms with Crippen LogP contribution >= 0.6 is 0 Å². The first kappa shape index (κ1) is 11.8. The highest BCUT2D eigenvalue weighted by Crippen LogP contribution is 2.11. The van der Waals surface area contributed by atoms with Crippen LogP contribution in [0.1, 0.15) is 25.4 Å². The summed E-state index contributed by atoms with van der Waals surface area (Å²) < 4.78 is 5.38. The summed E-state index contributed by atoms with van der Waals surface area (Å²) in [5.74, 6) is 1.52. The van der Waals surface area contributed by atoms with Gasteiger partial charge >= 0.3 is 0 Å². The summed E-state index contributed by atoms with van der Waals surface area (Å²) in [7, 11) is 1.72. The van der Waals surface area contributed by atoms with Crippen LogP contribution in [0, 0.1) is 6.92 Å². The molecule has 84 valence electrons. The highest BCUT2D eigenvalue weighted by Gasteiger charge is 2.25. The molecule has 1 heterocycles. The van der Waals surface area contributed by atoms with Crippen molar-refractivity contribution in [1.82, 2.24) is 4.90 Å². The average Bonchev–Trinajstić information content (AvgIpc) is 2.48. The van der Waals surface area contributed by atoms with Gasteiger partial charge in [-0.2, -0.15) is 0 Å². The normalized spacial score (nSPS) is 11.5. The molecular formula is C11H18N2O2. The summed E-state index contributed by atoms with van der Waals surface area (Å²) >= 11 is 0. The third-order valence-corrected chi connectivity index (χ3v) is 2.09. The molecule has 0 aliphatic heterocycles. The molecule has 1 aromatic heterocycles. The van der Waals surface area contributed by atoms with E-state index in [1.807, 2.05) is 19.1 Å². The third kappa shape index (κ3) is 3.09. The van der Waals surface area contributed by atoms with Crippen LogP contribution in [-0.4, -0.2) is 23.4 Å². The molecule has 0 bridgehead atoms. The lowest BCUT2D eigenvalue weighted by Crippen LogP contribution is -2.49. The maximum Gasteiger partial charge on any atom is 0.242 e. The second-order valence-electron chi connectivity index (χ2n) is 4.40. The molecule has 0 fully saturated rings. The highest BCUT2D eigenvalue weighted by molar-refractivity contribution is 5.84. The van der Waals surface area contributed by atoms with Gasteiger partial charge in [0.2, 0.25) is 5.91 Å². The van der Waals surface area contributed by atoms with Gasteiger partial charge in [0.25, 0.3) is 0 Å². The van der Waals surface area contributed by atoms with E-state index in [1.165, 1.54) is 0 Å². The Bertz CT molecular complexity index is 350. The zero-order chi connectivity index (χ0) is 11.6. The van der Waals surface area contributed by atoms with Crippen molar-refractivity contribution in [2.45, 2.75) is 32.9 Å². The van der Waals surface area contributed by atoms with E-state index in [0.717, 1.165) is 11.5 Å². The first-order valence-electron chi connectivity index (χ1n) is 4.90. The van der Waals surface area contributed by atoms with Crippen LogP contribution < -0.4 is 5.73 Å². The molecule has 0 unspecified atom stereocenters. The fourth-order valence-electron chi connectivity index (χ4n) is 1.37. The van der Waals surface area contributed by atoms with Gasteiger partial charge in [-0.1, -0.05) is 0 Å². The zero-order valence-electron chi connectivity index (χ0n) is 9.70. The van der Waals surface area contributed by atoms with E-state index in [9.17, 15) is 4.79 Å². The largest absolute Gasteiger partial charge is 0.464 e. The standard InChI is InChI=1S/C11H18N2O2/c1-8-5-6-9(15-8)7-13(4)10(14)11(2,3)12/h5-6H,7,12H2,1-4H3. The Morgan fingerprint density at radius 2 is 2.13 bits per heavy atom. The van der Waals surface area contributed by atoms with Crippen LogP contribution in [0.2, 0.25) is 0 Å². The molecule has 0 atom stereocenters. The van der Waals surface area contributed by atoms with Gasteiger partial charge in [0.1, 0.15) is 11.5 Å². The van der Waals surface area contributed by atoms with E-state index in [-0.39, 0.29) is 5.91 Å². The molecule has 0 radical (unpaired) electrons.